The average molecular weight is 444 g/mol. The number of nitrogens with zero attached hydrogens (tertiary/aromatic N) is 3. The fourth-order valence-electron chi connectivity index (χ4n) is 4.42. The SMILES string of the molecule is CCCC(=O)N1c2ccccc2-c2c(=O)[nH]c(SC)n[n+]2C1c1cccc2ccccc12. The van der Waals surface area contributed by atoms with Crippen molar-refractivity contribution in [3.63, 3.8) is 0 Å². The molecule has 160 valence electrons. The number of fused-ring (bicyclic) bond motifs is 4. The summed E-state index contributed by atoms with van der Waals surface area (Å²) in [6, 6.07) is 21.7. The minimum Gasteiger partial charge on any atom is -0.291 e. The summed E-state index contributed by atoms with van der Waals surface area (Å²) in [4.78, 5) is 31.4. The van der Waals surface area contributed by atoms with Crippen molar-refractivity contribution < 1.29 is 9.48 Å². The Bertz CT molecular complexity index is 1390. The third-order valence-corrected chi connectivity index (χ3v) is 6.36. The molecule has 2 heterocycles. The van der Waals surface area contributed by atoms with Gasteiger partial charge in [-0.3, -0.25) is 14.6 Å². The van der Waals surface area contributed by atoms with Gasteiger partial charge in [0.15, 0.2) is 0 Å². The third kappa shape index (κ3) is 3.20. The van der Waals surface area contributed by atoms with E-state index >= 15 is 0 Å². The van der Waals surface area contributed by atoms with E-state index in [-0.39, 0.29) is 11.5 Å². The Morgan fingerprint density at radius 1 is 1.09 bits per heavy atom. The molecule has 0 bridgehead atoms. The van der Waals surface area contributed by atoms with Gasteiger partial charge in [0, 0.05) is 11.5 Å². The molecule has 1 aliphatic heterocycles. The van der Waals surface area contributed by atoms with Crippen molar-refractivity contribution >= 4 is 34.1 Å². The van der Waals surface area contributed by atoms with Crippen LogP contribution in [0.25, 0.3) is 22.0 Å². The molecule has 5 rings (SSSR count). The zero-order chi connectivity index (χ0) is 22.2. The maximum atomic E-state index is 13.5. The van der Waals surface area contributed by atoms with E-state index in [2.05, 4.69) is 23.2 Å². The molecule has 0 radical (unpaired) electrons. The lowest BCUT2D eigenvalue weighted by Gasteiger charge is -2.32. The van der Waals surface area contributed by atoms with Crippen molar-refractivity contribution in [3.05, 3.63) is 82.6 Å². The number of thioether (sulfide) groups is 1. The van der Waals surface area contributed by atoms with Gasteiger partial charge in [0.1, 0.15) is 0 Å². The standard InChI is InChI=1S/C25H22N4O2S/c1-3-9-21(30)28-20-15-7-6-13-19(20)22-23(31)26-25(32-2)27-29(22)24(28)18-14-8-11-16-10-4-5-12-17(16)18/h4-8,10-15,24H,3,9H2,1-2H3/p+1. The predicted molar refractivity (Wildman–Crippen MR) is 127 cm³/mol. The van der Waals surface area contributed by atoms with Crippen LogP contribution in [0.4, 0.5) is 5.69 Å². The molecule has 1 atom stereocenters. The summed E-state index contributed by atoms with van der Waals surface area (Å²) < 4.78 is 1.72. The zero-order valence-electron chi connectivity index (χ0n) is 17.9. The topological polar surface area (TPSA) is 69.9 Å². The molecule has 1 N–H and O–H groups in total. The molecule has 1 unspecified atom stereocenters. The lowest BCUT2D eigenvalue weighted by Crippen LogP contribution is -2.61. The van der Waals surface area contributed by atoms with E-state index in [1.807, 2.05) is 66.6 Å². The molecule has 0 saturated heterocycles. The number of aromatic nitrogens is 3. The van der Waals surface area contributed by atoms with Crippen LogP contribution in [0.3, 0.4) is 0 Å². The van der Waals surface area contributed by atoms with Crippen molar-refractivity contribution in [3.8, 4) is 11.3 Å². The maximum absolute atomic E-state index is 13.5. The number of benzene rings is 3. The first kappa shape index (κ1) is 20.5. The normalized spacial score (nSPS) is 14.8. The van der Waals surface area contributed by atoms with Crippen LogP contribution in [0.1, 0.15) is 31.5 Å². The molecule has 6 nitrogen and oxygen atoms in total. The lowest BCUT2D eigenvalue weighted by molar-refractivity contribution is -0.762. The Morgan fingerprint density at radius 3 is 2.66 bits per heavy atom. The number of para-hydroxylation sites is 1. The van der Waals surface area contributed by atoms with Crippen LogP contribution in [-0.4, -0.2) is 22.2 Å². The number of carbonyl (C=O) groups is 1. The predicted octanol–water partition coefficient (Wildman–Crippen LogP) is 4.29. The summed E-state index contributed by atoms with van der Waals surface area (Å²) in [7, 11) is 0. The van der Waals surface area contributed by atoms with Gasteiger partial charge >= 0.3 is 11.3 Å². The second-order valence-electron chi connectivity index (χ2n) is 7.73. The fraction of sp³-hybridized carbons (Fsp3) is 0.200. The molecule has 0 aliphatic carbocycles. The largest absolute Gasteiger partial charge is 0.325 e. The van der Waals surface area contributed by atoms with Gasteiger partial charge in [-0.1, -0.05) is 67.2 Å². The maximum Gasteiger partial charge on any atom is 0.325 e. The Morgan fingerprint density at radius 2 is 1.84 bits per heavy atom. The van der Waals surface area contributed by atoms with E-state index in [0.717, 1.165) is 28.4 Å². The summed E-state index contributed by atoms with van der Waals surface area (Å²) in [5.74, 6) is 0.00353. The van der Waals surface area contributed by atoms with Gasteiger partial charge in [0.2, 0.25) is 11.1 Å². The van der Waals surface area contributed by atoms with Crippen LogP contribution in [0.5, 0.6) is 0 Å². The zero-order valence-corrected chi connectivity index (χ0v) is 18.7. The van der Waals surface area contributed by atoms with Crippen molar-refractivity contribution in [1.29, 1.82) is 0 Å². The summed E-state index contributed by atoms with van der Waals surface area (Å²) in [6.07, 6.45) is 2.44. The van der Waals surface area contributed by atoms with Crippen LogP contribution in [0.15, 0.2) is 76.7 Å². The number of carbonyl (C=O) groups excluding carboxylic acids is 1. The van der Waals surface area contributed by atoms with E-state index in [9.17, 15) is 9.59 Å². The van der Waals surface area contributed by atoms with E-state index in [0.29, 0.717) is 22.8 Å². The van der Waals surface area contributed by atoms with E-state index in [4.69, 9.17) is 5.10 Å². The first-order valence-corrected chi connectivity index (χ1v) is 11.9. The van der Waals surface area contributed by atoms with Gasteiger partial charge in [0.25, 0.3) is 6.17 Å². The van der Waals surface area contributed by atoms with E-state index in [1.165, 1.54) is 11.8 Å². The van der Waals surface area contributed by atoms with Gasteiger partial charge in [-0.15, -0.1) is 0 Å². The van der Waals surface area contributed by atoms with Crippen LogP contribution in [0.2, 0.25) is 0 Å². The number of rotatable bonds is 4. The number of hydrogen-bond acceptors (Lipinski definition) is 4. The number of anilines is 1. The number of hydrogen-bond donors (Lipinski definition) is 1. The van der Waals surface area contributed by atoms with Crippen molar-refractivity contribution in [2.24, 2.45) is 0 Å². The monoisotopic (exact) mass is 443 g/mol. The molecule has 1 amide bonds. The Kier molecular flexibility index (Phi) is 5.27. The Balaban J connectivity index is 1.89. The summed E-state index contributed by atoms with van der Waals surface area (Å²) in [5, 5.41) is 7.39. The quantitative estimate of drug-likeness (QED) is 0.377. The van der Waals surface area contributed by atoms with Gasteiger partial charge in [0.05, 0.1) is 16.8 Å². The Labute approximate surface area is 189 Å². The molecular formula is C25H23N4O2S+. The number of aromatic amines is 1. The van der Waals surface area contributed by atoms with Gasteiger partial charge in [-0.05, 0) is 46.3 Å². The highest BCUT2D eigenvalue weighted by molar-refractivity contribution is 7.98. The number of H-pyrrole nitrogens is 1. The van der Waals surface area contributed by atoms with E-state index in [1.54, 1.807) is 4.68 Å². The van der Waals surface area contributed by atoms with Crippen LogP contribution in [0, 0.1) is 0 Å². The van der Waals surface area contributed by atoms with Crippen LogP contribution >= 0.6 is 11.8 Å². The third-order valence-electron chi connectivity index (χ3n) is 5.79. The van der Waals surface area contributed by atoms with Crippen molar-refractivity contribution in [2.45, 2.75) is 31.1 Å². The van der Waals surface area contributed by atoms with Crippen LogP contribution in [-0.2, 0) is 4.79 Å². The van der Waals surface area contributed by atoms with Crippen molar-refractivity contribution in [2.75, 3.05) is 11.2 Å². The molecular weight excluding hydrogens is 420 g/mol. The minimum absolute atomic E-state index is 0.00353. The molecule has 1 aliphatic rings. The molecule has 0 saturated carbocycles. The molecule has 7 heteroatoms. The molecule has 32 heavy (non-hydrogen) atoms. The fourth-order valence-corrected chi connectivity index (χ4v) is 4.79. The van der Waals surface area contributed by atoms with Crippen LogP contribution < -0.4 is 15.1 Å². The molecule has 1 aromatic heterocycles. The minimum atomic E-state index is -0.571. The summed E-state index contributed by atoms with van der Waals surface area (Å²) >= 11 is 1.37. The number of amides is 1. The first-order chi connectivity index (χ1) is 15.6. The summed E-state index contributed by atoms with van der Waals surface area (Å²) in [6.45, 7) is 2.00. The lowest BCUT2D eigenvalue weighted by atomic mass is 9.97. The molecule has 3 aromatic carbocycles. The first-order valence-electron chi connectivity index (χ1n) is 10.6. The Hall–Kier alpha value is -3.45. The average Bonchev–Trinajstić information content (AvgIpc) is 2.82. The molecule has 4 aromatic rings. The highest BCUT2D eigenvalue weighted by atomic mass is 32.2. The second-order valence-corrected chi connectivity index (χ2v) is 8.52. The molecule has 0 fully saturated rings. The summed E-state index contributed by atoms with van der Waals surface area (Å²) in [5.41, 5.74) is 2.60. The molecule has 0 spiro atoms. The highest BCUT2D eigenvalue weighted by Gasteiger charge is 2.45. The highest BCUT2D eigenvalue weighted by Crippen LogP contribution is 2.39. The van der Waals surface area contributed by atoms with Crippen molar-refractivity contribution in [1.82, 2.24) is 10.1 Å². The van der Waals surface area contributed by atoms with E-state index < -0.39 is 6.17 Å². The van der Waals surface area contributed by atoms with Gasteiger partial charge in [-0.2, -0.15) is 0 Å². The number of nitrogens with one attached hydrogen (secondary N) is 1. The smallest absolute Gasteiger partial charge is 0.291 e. The van der Waals surface area contributed by atoms with Gasteiger partial charge < -0.3 is 0 Å². The van der Waals surface area contributed by atoms with Gasteiger partial charge in [-0.25, -0.2) is 4.90 Å². The second kappa shape index (κ2) is 8.24.